The van der Waals surface area contributed by atoms with E-state index in [1.165, 1.54) is 31.4 Å². The highest BCUT2D eigenvalue weighted by molar-refractivity contribution is 6.05. The lowest BCUT2D eigenvalue weighted by molar-refractivity contribution is -0.120. The molecule has 1 N–H and O–H groups in total. The standard InChI is InChI=1S/C22H31N3O3/c1-16-2-8-19(9-3-16)28-20-10-13-24(14-11-20)17-4-6-18(7-5-17)25-15-12-21(26)23-22(25)27/h4-7,16,19-20H,2-3,8-15H2,1H3,(H,23,26,27). The number of amides is 3. The molecular formula is C22H31N3O3. The Morgan fingerprint density at radius 3 is 2.11 bits per heavy atom. The molecule has 6 nitrogen and oxygen atoms in total. The van der Waals surface area contributed by atoms with E-state index in [-0.39, 0.29) is 11.9 Å². The molecule has 1 aliphatic carbocycles. The average molecular weight is 386 g/mol. The van der Waals surface area contributed by atoms with Crippen molar-refractivity contribution in [2.24, 2.45) is 5.92 Å². The lowest BCUT2D eigenvalue weighted by atomic mass is 9.88. The number of hydrogen-bond acceptors (Lipinski definition) is 4. The van der Waals surface area contributed by atoms with Gasteiger partial charge in [0, 0.05) is 37.4 Å². The Morgan fingerprint density at radius 2 is 1.46 bits per heavy atom. The molecule has 3 amide bonds. The third kappa shape index (κ3) is 4.49. The van der Waals surface area contributed by atoms with Gasteiger partial charge in [-0.15, -0.1) is 0 Å². The van der Waals surface area contributed by atoms with Crippen molar-refractivity contribution in [1.29, 1.82) is 0 Å². The van der Waals surface area contributed by atoms with E-state index in [2.05, 4.69) is 29.3 Å². The van der Waals surface area contributed by atoms with Crippen molar-refractivity contribution >= 4 is 23.3 Å². The van der Waals surface area contributed by atoms with Crippen molar-refractivity contribution in [2.45, 2.75) is 64.1 Å². The second-order valence-corrected chi connectivity index (χ2v) is 8.48. The van der Waals surface area contributed by atoms with E-state index in [4.69, 9.17) is 4.74 Å². The number of nitrogens with one attached hydrogen (secondary N) is 1. The maximum atomic E-state index is 12.0. The normalized spacial score (nSPS) is 27.0. The minimum atomic E-state index is -0.334. The number of urea groups is 1. The summed E-state index contributed by atoms with van der Waals surface area (Å²) in [6.45, 7) is 4.79. The summed E-state index contributed by atoms with van der Waals surface area (Å²) in [7, 11) is 0. The predicted octanol–water partition coefficient (Wildman–Crippen LogP) is 3.70. The van der Waals surface area contributed by atoms with Crippen molar-refractivity contribution in [2.75, 3.05) is 29.4 Å². The van der Waals surface area contributed by atoms with Crippen molar-refractivity contribution in [1.82, 2.24) is 5.32 Å². The minimum Gasteiger partial charge on any atom is -0.375 e. The molecule has 0 radical (unpaired) electrons. The molecule has 3 aliphatic rings. The van der Waals surface area contributed by atoms with Crippen LogP contribution in [-0.2, 0) is 9.53 Å². The van der Waals surface area contributed by atoms with Crippen LogP contribution in [0.15, 0.2) is 24.3 Å². The topological polar surface area (TPSA) is 61.9 Å². The Labute approximate surface area is 167 Å². The molecule has 0 spiro atoms. The lowest BCUT2D eigenvalue weighted by Gasteiger charge is -2.37. The smallest absolute Gasteiger partial charge is 0.328 e. The first-order chi connectivity index (χ1) is 13.6. The Kier molecular flexibility index (Phi) is 5.85. The van der Waals surface area contributed by atoms with Gasteiger partial charge in [0.05, 0.1) is 12.2 Å². The monoisotopic (exact) mass is 385 g/mol. The number of piperidine rings is 1. The molecule has 4 rings (SSSR count). The number of hydrogen-bond donors (Lipinski definition) is 1. The SMILES string of the molecule is CC1CCC(OC2CCN(c3ccc(N4CCC(=O)NC4=O)cc3)CC2)CC1. The van der Waals surface area contributed by atoms with Crippen molar-refractivity contribution < 1.29 is 14.3 Å². The fourth-order valence-corrected chi connectivity index (χ4v) is 4.54. The zero-order valence-corrected chi connectivity index (χ0v) is 16.7. The maximum absolute atomic E-state index is 12.0. The molecule has 1 saturated carbocycles. The van der Waals surface area contributed by atoms with Crippen molar-refractivity contribution in [3.8, 4) is 0 Å². The van der Waals surface area contributed by atoms with Crippen LogP contribution in [-0.4, -0.2) is 43.8 Å². The van der Waals surface area contributed by atoms with E-state index >= 15 is 0 Å². The van der Waals surface area contributed by atoms with E-state index < -0.39 is 0 Å². The molecule has 0 atom stereocenters. The number of benzene rings is 1. The van der Waals surface area contributed by atoms with Crippen molar-refractivity contribution in [3.05, 3.63) is 24.3 Å². The van der Waals surface area contributed by atoms with Crippen LogP contribution in [0.2, 0.25) is 0 Å². The van der Waals surface area contributed by atoms with Gasteiger partial charge in [0.1, 0.15) is 0 Å². The highest BCUT2D eigenvalue weighted by Crippen LogP contribution is 2.30. The zero-order valence-electron chi connectivity index (χ0n) is 16.7. The first kappa shape index (κ1) is 19.2. The largest absolute Gasteiger partial charge is 0.375 e. The van der Waals surface area contributed by atoms with Gasteiger partial charge in [0.25, 0.3) is 0 Å². The number of rotatable bonds is 4. The summed E-state index contributed by atoms with van der Waals surface area (Å²) in [4.78, 5) is 27.3. The first-order valence-electron chi connectivity index (χ1n) is 10.7. The third-order valence-electron chi connectivity index (χ3n) is 6.37. The molecule has 152 valence electrons. The molecule has 1 aromatic rings. The summed E-state index contributed by atoms with van der Waals surface area (Å²) in [6, 6.07) is 7.75. The quantitative estimate of drug-likeness (QED) is 0.859. The fraction of sp³-hybridized carbons (Fsp3) is 0.636. The van der Waals surface area contributed by atoms with E-state index in [0.717, 1.165) is 37.5 Å². The van der Waals surface area contributed by atoms with E-state index in [1.807, 2.05) is 12.1 Å². The Morgan fingerprint density at radius 1 is 0.857 bits per heavy atom. The maximum Gasteiger partial charge on any atom is 0.328 e. The molecule has 2 aliphatic heterocycles. The van der Waals surface area contributed by atoms with Crippen LogP contribution >= 0.6 is 0 Å². The molecule has 2 heterocycles. The lowest BCUT2D eigenvalue weighted by Crippen LogP contribution is -2.49. The molecule has 0 aromatic heterocycles. The van der Waals surface area contributed by atoms with Gasteiger partial charge in [-0.3, -0.25) is 15.0 Å². The summed E-state index contributed by atoms with van der Waals surface area (Å²) in [6.07, 6.45) is 8.41. The molecular weight excluding hydrogens is 354 g/mol. The van der Waals surface area contributed by atoms with Gasteiger partial charge in [-0.2, -0.15) is 0 Å². The summed E-state index contributed by atoms with van der Waals surface area (Å²) in [5.74, 6) is 0.659. The minimum absolute atomic E-state index is 0.203. The molecule has 2 saturated heterocycles. The Balaban J connectivity index is 1.28. The van der Waals surface area contributed by atoms with Crippen LogP contribution in [0.5, 0.6) is 0 Å². The summed E-state index contributed by atoms with van der Waals surface area (Å²) in [5.41, 5.74) is 2.01. The van der Waals surface area contributed by atoms with Gasteiger partial charge in [-0.05, 0) is 68.7 Å². The summed E-state index contributed by atoms with van der Waals surface area (Å²) < 4.78 is 6.38. The number of anilines is 2. The molecule has 0 bridgehead atoms. The van der Waals surface area contributed by atoms with Gasteiger partial charge in [-0.25, -0.2) is 4.79 Å². The first-order valence-corrected chi connectivity index (χ1v) is 10.7. The summed E-state index contributed by atoms with van der Waals surface area (Å²) >= 11 is 0. The molecule has 28 heavy (non-hydrogen) atoms. The highest BCUT2D eigenvalue weighted by Gasteiger charge is 2.27. The van der Waals surface area contributed by atoms with Crippen LogP contribution < -0.4 is 15.1 Å². The molecule has 1 aromatic carbocycles. The van der Waals surface area contributed by atoms with Gasteiger partial charge in [-0.1, -0.05) is 6.92 Å². The van der Waals surface area contributed by atoms with E-state index in [0.29, 0.717) is 25.2 Å². The van der Waals surface area contributed by atoms with Crippen LogP contribution in [0.25, 0.3) is 0 Å². The van der Waals surface area contributed by atoms with Gasteiger partial charge in [0.2, 0.25) is 5.91 Å². The average Bonchev–Trinajstić information content (AvgIpc) is 2.71. The predicted molar refractivity (Wildman–Crippen MR) is 110 cm³/mol. The number of ether oxygens (including phenoxy) is 1. The number of nitrogens with zero attached hydrogens (tertiary/aromatic N) is 2. The van der Waals surface area contributed by atoms with E-state index in [9.17, 15) is 9.59 Å². The zero-order chi connectivity index (χ0) is 19.5. The van der Waals surface area contributed by atoms with Gasteiger partial charge in [0.15, 0.2) is 0 Å². The Bertz CT molecular complexity index is 689. The van der Waals surface area contributed by atoms with Crippen LogP contribution in [0.4, 0.5) is 16.2 Å². The van der Waals surface area contributed by atoms with Gasteiger partial charge >= 0.3 is 6.03 Å². The third-order valence-corrected chi connectivity index (χ3v) is 6.37. The molecule has 0 unspecified atom stereocenters. The Hall–Kier alpha value is -2.08. The van der Waals surface area contributed by atoms with Crippen LogP contribution in [0, 0.1) is 5.92 Å². The molecule has 6 heteroatoms. The second-order valence-electron chi connectivity index (χ2n) is 8.48. The fourth-order valence-electron chi connectivity index (χ4n) is 4.54. The second kappa shape index (κ2) is 8.52. The molecule has 3 fully saturated rings. The number of imide groups is 1. The van der Waals surface area contributed by atoms with Crippen molar-refractivity contribution in [3.63, 3.8) is 0 Å². The summed E-state index contributed by atoms with van der Waals surface area (Å²) in [5, 5.41) is 2.37. The number of carbonyl (C=O) groups is 2. The highest BCUT2D eigenvalue weighted by atomic mass is 16.5. The van der Waals surface area contributed by atoms with E-state index in [1.54, 1.807) is 4.90 Å². The van der Waals surface area contributed by atoms with Crippen LogP contribution in [0.3, 0.4) is 0 Å². The van der Waals surface area contributed by atoms with Crippen LogP contribution in [0.1, 0.15) is 51.9 Å². The van der Waals surface area contributed by atoms with Gasteiger partial charge < -0.3 is 9.64 Å². The number of carbonyl (C=O) groups excluding carboxylic acids is 2.